The number of aryl methyl sites for hydroxylation is 2. The highest BCUT2D eigenvalue weighted by Gasteiger charge is 2.38. The van der Waals surface area contributed by atoms with Crippen molar-refractivity contribution in [1.29, 1.82) is 0 Å². The van der Waals surface area contributed by atoms with Gasteiger partial charge < -0.3 is 11.1 Å². The number of amides is 1. The summed E-state index contributed by atoms with van der Waals surface area (Å²) in [5.41, 5.74) is 10.8. The molecule has 1 aromatic heterocycles. The van der Waals surface area contributed by atoms with Crippen LogP contribution >= 0.6 is 0 Å². The monoisotopic (exact) mass is 373 g/mol. The van der Waals surface area contributed by atoms with Gasteiger partial charge in [0.15, 0.2) is 0 Å². The van der Waals surface area contributed by atoms with E-state index in [2.05, 4.69) is 10.3 Å². The molecule has 0 aliphatic heterocycles. The lowest BCUT2D eigenvalue weighted by molar-refractivity contribution is -0.120. The summed E-state index contributed by atoms with van der Waals surface area (Å²) < 4.78 is 26.6. The molecule has 1 amide bonds. The molecule has 1 saturated carbocycles. The first-order chi connectivity index (χ1) is 12.8. The Morgan fingerprint density at radius 2 is 1.81 bits per heavy atom. The molecular formula is C21H25F2N3O. The Kier molecular flexibility index (Phi) is 5.56. The van der Waals surface area contributed by atoms with Crippen LogP contribution in [0.15, 0.2) is 36.5 Å². The Bertz CT molecular complexity index is 790. The Morgan fingerprint density at radius 1 is 1.19 bits per heavy atom. The summed E-state index contributed by atoms with van der Waals surface area (Å²) in [6.45, 7) is 4.00. The first kappa shape index (κ1) is 19.4. The van der Waals surface area contributed by atoms with Crippen molar-refractivity contribution in [2.24, 2.45) is 11.7 Å². The molecule has 2 aromatic rings. The first-order valence-electron chi connectivity index (χ1n) is 9.24. The number of nitrogens with two attached hydrogens (primary N) is 1. The molecule has 3 N–H and O–H groups in total. The maximum absolute atomic E-state index is 13.3. The average molecular weight is 373 g/mol. The molecule has 144 valence electrons. The number of rotatable bonds is 4. The number of hydrogen-bond donors (Lipinski definition) is 2. The number of benzene rings is 1. The Balaban J connectivity index is 1.65. The number of carbonyl (C=O) groups excluding carboxylic acids is 1. The van der Waals surface area contributed by atoms with Crippen LogP contribution < -0.4 is 11.1 Å². The van der Waals surface area contributed by atoms with Gasteiger partial charge in [-0.25, -0.2) is 8.78 Å². The van der Waals surface area contributed by atoms with Crippen LogP contribution in [0.3, 0.4) is 0 Å². The Hall–Kier alpha value is -2.34. The smallest absolute Gasteiger partial charge is 0.248 e. The summed E-state index contributed by atoms with van der Waals surface area (Å²) in [5.74, 6) is -3.15. The van der Waals surface area contributed by atoms with Crippen LogP contribution in [0.5, 0.6) is 0 Å². The minimum atomic E-state index is -2.62. The van der Waals surface area contributed by atoms with E-state index in [9.17, 15) is 13.6 Å². The minimum absolute atomic E-state index is 0.197. The second kappa shape index (κ2) is 7.72. The highest BCUT2D eigenvalue weighted by Crippen LogP contribution is 2.37. The van der Waals surface area contributed by atoms with Crippen molar-refractivity contribution in [3.8, 4) is 11.1 Å². The summed E-state index contributed by atoms with van der Waals surface area (Å²) in [6, 6.07) is 8.69. The third-order valence-corrected chi connectivity index (χ3v) is 5.36. The van der Waals surface area contributed by atoms with Crippen molar-refractivity contribution < 1.29 is 13.6 Å². The van der Waals surface area contributed by atoms with Gasteiger partial charge in [-0.3, -0.25) is 9.78 Å². The number of hydrogen-bond acceptors (Lipinski definition) is 3. The molecular weight excluding hydrogens is 348 g/mol. The zero-order chi connectivity index (χ0) is 19.6. The third kappa shape index (κ3) is 4.50. The van der Waals surface area contributed by atoms with Gasteiger partial charge in [-0.15, -0.1) is 0 Å². The highest BCUT2D eigenvalue weighted by molar-refractivity contribution is 5.95. The summed E-state index contributed by atoms with van der Waals surface area (Å²) in [6.07, 6.45) is 1.94. The number of alkyl halides is 2. The third-order valence-electron chi connectivity index (χ3n) is 5.36. The Morgan fingerprint density at radius 3 is 2.41 bits per heavy atom. The SMILES string of the molecule is Cc1ccnc(C)c1-c1ccc(NC(=O)C(N)C2CCC(F)(F)CC2)cc1. The fourth-order valence-corrected chi connectivity index (χ4v) is 3.71. The van der Waals surface area contributed by atoms with Gasteiger partial charge in [-0.1, -0.05) is 12.1 Å². The molecule has 27 heavy (non-hydrogen) atoms. The van der Waals surface area contributed by atoms with Crippen LogP contribution in [0, 0.1) is 19.8 Å². The first-order valence-corrected chi connectivity index (χ1v) is 9.24. The van der Waals surface area contributed by atoms with E-state index in [1.165, 1.54) is 0 Å². The summed E-state index contributed by atoms with van der Waals surface area (Å²) in [7, 11) is 0. The molecule has 3 rings (SSSR count). The molecule has 1 fully saturated rings. The van der Waals surface area contributed by atoms with Crippen molar-refractivity contribution in [1.82, 2.24) is 4.98 Å². The van der Waals surface area contributed by atoms with Crippen LogP contribution in [0.1, 0.15) is 36.9 Å². The predicted octanol–water partition coefficient (Wildman–Crippen LogP) is 4.46. The van der Waals surface area contributed by atoms with Gasteiger partial charge in [-0.2, -0.15) is 0 Å². The standard InChI is InChI=1S/C21H25F2N3O/c1-13-9-12-25-14(2)18(13)15-3-5-17(6-4-15)26-20(27)19(24)16-7-10-21(22,23)11-8-16/h3-6,9,12,16,19H,7-8,10-11,24H2,1-2H3,(H,26,27). The normalized spacial score (nSPS) is 18.1. The average Bonchev–Trinajstić information content (AvgIpc) is 2.62. The molecule has 0 spiro atoms. The van der Waals surface area contributed by atoms with Crippen molar-refractivity contribution in [3.05, 3.63) is 47.8 Å². The number of carbonyl (C=O) groups is 1. The van der Waals surface area contributed by atoms with E-state index in [0.29, 0.717) is 5.69 Å². The lowest BCUT2D eigenvalue weighted by atomic mass is 9.82. The summed E-state index contributed by atoms with van der Waals surface area (Å²) >= 11 is 0. The van der Waals surface area contributed by atoms with E-state index in [4.69, 9.17) is 5.73 Å². The van der Waals surface area contributed by atoms with Crippen LogP contribution in [-0.2, 0) is 4.79 Å². The number of nitrogens with one attached hydrogen (secondary N) is 1. The zero-order valence-corrected chi connectivity index (χ0v) is 15.6. The fourth-order valence-electron chi connectivity index (χ4n) is 3.71. The predicted molar refractivity (Wildman–Crippen MR) is 103 cm³/mol. The number of pyridine rings is 1. The summed E-state index contributed by atoms with van der Waals surface area (Å²) in [4.78, 5) is 16.7. The van der Waals surface area contributed by atoms with Crippen molar-refractivity contribution >= 4 is 11.6 Å². The van der Waals surface area contributed by atoms with Gasteiger partial charge in [0.2, 0.25) is 11.8 Å². The molecule has 1 atom stereocenters. The van der Waals surface area contributed by atoms with Crippen LogP contribution in [0.4, 0.5) is 14.5 Å². The van der Waals surface area contributed by atoms with E-state index in [-0.39, 0.29) is 37.5 Å². The van der Waals surface area contributed by atoms with Crippen molar-refractivity contribution in [3.63, 3.8) is 0 Å². The molecule has 0 saturated heterocycles. The second-order valence-corrected chi connectivity index (χ2v) is 7.37. The maximum atomic E-state index is 13.3. The van der Waals surface area contributed by atoms with Gasteiger partial charge in [-0.05, 0) is 61.9 Å². The van der Waals surface area contributed by atoms with Gasteiger partial charge in [0.1, 0.15) is 0 Å². The van der Waals surface area contributed by atoms with Crippen molar-refractivity contribution in [2.45, 2.75) is 51.5 Å². The molecule has 1 aliphatic carbocycles. The molecule has 0 bridgehead atoms. The highest BCUT2D eigenvalue weighted by atomic mass is 19.3. The number of nitrogens with zero attached hydrogens (tertiary/aromatic N) is 1. The van der Waals surface area contributed by atoms with Crippen LogP contribution in [0.25, 0.3) is 11.1 Å². The van der Waals surface area contributed by atoms with Gasteiger partial charge in [0.05, 0.1) is 6.04 Å². The Labute approximate surface area is 158 Å². The van der Waals surface area contributed by atoms with Gasteiger partial charge in [0, 0.05) is 36.0 Å². The topological polar surface area (TPSA) is 68.0 Å². The molecule has 0 radical (unpaired) electrons. The van der Waals surface area contributed by atoms with Gasteiger partial charge in [0.25, 0.3) is 0 Å². The van der Waals surface area contributed by atoms with Crippen molar-refractivity contribution in [2.75, 3.05) is 5.32 Å². The minimum Gasteiger partial charge on any atom is -0.325 e. The van der Waals surface area contributed by atoms with Crippen LogP contribution in [0.2, 0.25) is 0 Å². The number of aromatic nitrogens is 1. The molecule has 1 aliphatic rings. The molecule has 4 nitrogen and oxygen atoms in total. The largest absolute Gasteiger partial charge is 0.325 e. The van der Waals surface area contributed by atoms with E-state index in [1.807, 2.05) is 44.2 Å². The van der Waals surface area contributed by atoms with E-state index < -0.39 is 12.0 Å². The second-order valence-electron chi connectivity index (χ2n) is 7.37. The lowest BCUT2D eigenvalue weighted by Crippen LogP contribution is -2.44. The number of halogens is 2. The van der Waals surface area contributed by atoms with E-state index >= 15 is 0 Å². The fraction of sp³-hybridized carbons (Fsp3) is 0.429. The van der Waals surface area contributed by atoms with E-state index in [1.54, 1.807) is 6.20 Å². The zero-order valence-electron chi connectivity index (χ0n) is 15.6. The summed E-state index contributed by atoms with van der Waals surface area (Å²) in [5, 5.41) is 2.80. The molecule has 1 aromatic carbocycles. The van der Waals surface area contributed by atoms with Crippen LogP contribution in [-0.4, -0.2) is 22.9 Å². The number of anilines is 1. The maximum Gasteiger partial charge on any atom is 0.248 e. The molecule has 1 heterocycles. The molecule has 1 unspecified atom stereocenters. The van der Waals surface area contributed by atoms with Gasteiger partial charge >= 0.3 is 0 Å². The quantitative estimate of drug-likeness (QED) is 0.832. The lowest BCUT2D eigenvalue weighted by Gasteiger charge is -2.31. The molecule has 6 heteroatoms. The van der Waals surface area contributed by atoms with E-state index in [0.717, 1.165) is 22.4 Å².